The number of carbonyl (C=O) groups is 2. The number of piperidine rings is 1. The predicted octanol–water partition coefficient (Wildman–Crippen LogP) is 0.878. The van der Waals surface area contributed by atoms with Gasteiger partial charge in [-0.3, -0.25) is 14.5 Å². The normalized spacial score (nSPS) is 22.3. The monoisotopic (exact) mass is 370 g/mol. The van der Waals surface area contributed by atoms with E-state index in [9.17, 15) is 14.7 Å². The molecule has 0 radical (unpaired) electrons. The van der Waals surface area contributed by atoms with Crippen molar-refractivity contribution in [3.63, 3.8) is 0 Å². The van der Waals surface area contributed by atoms with Gasteiger partial charge in [0, 0.05) is 25.2 Å². The minimum atomic E-state index is -0.762. The Bertz CT molecular complexity index is 845. The molecule has 1 amide bonds. The van der Waals surface area contributed by atoms with Gasteiger partial charge in [-0.2, -0.15) is 5.21 Å². The van der Waals surface area contributed by atoms with Crippen LogP contribution in [0, 0.1) is 5.41 Å². The summed E-state index contributed by atoms with van der Waals surface area (Å²) >= 11 is 0. The standard InChI is InChI=1S/C18H22N6O3/c1-23-11-18(10-14(23)17(26)27)6-8-24(9-7-18)16(25)13-5-3-2-4-12(13)15-19-21-22-20-15/h2-5,14H,6-11H2,1H3,(H,26,27)(H,19,20,21,22)/t14-/m0/s1. The number of benzene rings is 1. The van der Waals surface area contributed by atoms with Crippen molar-refractivity contribution in [2.45, 2.75) is 25.3 Å². The van der Waals surface area contributed by atoms with Crippen molar-refractivity contribution in [1.29, 1.82) is 0 Å². The van der Waals surface area contributed by atoms with Crippen molar-refractivity contribution >= 4 is 11.9 Å². The molecule has 3 heterocycles. The zero-order valence-electron chi connectivity index (χ0n) is 15.1. The van der Waals surface area contributed by atoms with Gasteiger partial charge in [0.2, 0.25) is 5.82 Å². The molecule has 27 heavy (non-hydrogen) atoms. The third-order valence-corrected chi connectivity index (χ3v) is 5.88. The Kier molecular flexibility index (Phi) is 4.39. The smallest absolute Gasteiger partial charge is 0.320 e. The zero-order chi connectivity index (χ0) is 19.0. The summed E-state index contributed by atoms with van der Waals surface area (Å²) in [5, 5.41) is 23.3. The van der Waals surface area contributed by atoms with Crippen LogP contribution in [0.5, 0.6) is 0 Å². The molecule has 1 aromatic carbocycles. The van der Waals surface area contributed by atoms with E-state index >= 15 is 0 Å². The van der Waals surface area contributed by atoms with E-state index in [1.165, 1.54) is 0 Å². The summed E-state index contributed by atoms with van der Waals surface area (Å²) in [5.41, 5.74) is 1.20. The number of likely N-dealkylation sites (tertiary alicyclic amines) is 2. The van der Waals surface area contributed by atoms with Crippen LogP contribution >= 0.6 is 0 Å². The van der Waals surface area contributed by atoms with Gasteiger partial charge in [-0.1, -0.05) is 18.2 Å². The number of nitrogens with zero attached hydrogens (tertiary/aromatic N) is 5. The van der Waals surface area contributed by atoms with Crippen LogP contribution < -0.4 is 0 Å². The average molecular weight is 370 g/mol. The number of carboxylic acid groups (broad SMARTS) is 1. The van der Waals surface area contributed by atoms with Gasteiger partial charge >= 0.3 is 5.97 Å². The third kappa shape index (κ3) is 3.18. The van der Waals surface area contributed by atoms with Gasteiger partial charge in [-0.05, 0) is 43.0 Å². The van der Waals surface area contributed by atoms with Crippen molar-refractivity contribution in [2.24, 2.45) is 5.41 Å². The summed E-state index contributed by atoms with van der Waals surface area (Å²) < 4.78 is 0. The fraction of sp³-hybridized carbons (Fsp3) is 0.500. The number of rotatable bonds is 3. The van der Waals surface area contributed by atoms with Gasteiger partial charge in [0.05, 0.1) is 5.56 Å². The summed E-state index contributed by atoms with van der Waals surface area (Å²) in [6.45, 7) is 2.02. The molecule has 1 spiro atoms. The van der Waals surface area contributed by atoms with E-state index in [4.69, 9.17) is 0 Å². The molecule has 1 atom stereocenters. The van der Waals surface area contributed by atoms with Crippen LogP contribution in [0.1, 0.15) is 29.6 Å². The van der Waals surface area contributed by atoms with E-state index in [2.05, 4.69) is 20.6 Å². The molecule has 9 heteroatoms. The maximum absolute atomic E-state index is 13.1. The Morgan fingerprint density at radius 2 is 2.00 bits per heavy atom. The number of aromatic amines is 1. The number of hydrogen-bond donors (Lipinski definition) is 2. The number of amides is 1. The number of aromatic nitrogens is 4. The highest BCUT2D eigenvalue weighted by molar-refractivity contribution is 6.00. The molecule has 0 unspecified atom stereocenters. The van der Waals surface area contributed by atoms with Crippen molar-refractivity contribution in [3.05, 3.63) is 29.8 Å². The SMILES string of the molecule is CN1CC2(CCN(C(=O)c3ccccc3-c3nn[nH]n3)CC2)C[C@H]1C(=O)O. The molecule has 142 valence electrons. The number of nitrogens with one attached hydrogen (secondary N) is 1. The number of aliphatic carboxylic acids is 1. The van der Waals surface area contributed by atoms with E-state index in [0.717, 1.165) is 19.4 Å². The Hall–Kier alpha value is -2.81. The summed E-state index contributed by atoms with van der Waals surface area (Å²) in [7, 11) is 1.87. The first-order chi connectivity index (χ1) is 13.0. The Morgan fingerprint density at radius 1 is 1.26 bits per heavy atom. The van der Waals surface area contributed by atoms with Crippen LogP contribution in [0.4, 0.5) is 0 Å². The highest BCUT2D eigenvalue weighted by Crippen LogP contribution is 2.43. The van der Waals surface area contributed by atoms with Gasteiger partial charge in [-0.15, -0.1) is 10.2 Å². The highest BCUT2D eigenvalue weighted by Gasteiger charge is 2.47. The summed E-state index contributed by atoms with van der Waals surface area (Å²) in [6, 6.07) is 6.83. The molecular weight excluding hydrogens is 348 g/mol. The molecule has 0 saturated carbocycles. The number of likely N-dealkylation sites (N-methyl/N-ethyl adjacent to an activating group) is 1. The Labute approximate surface area is 156 Å². The lowest BCUT2D eigenvalue weighted by molar-refractivity contribution is -0.141. The summed E-state index contributed by atoms with van der Waals surface area (Å²) in [5.74, 6) is -0.414. The van der Waals surface area contributed by atoms with Crippen LogP contribution in [0.15, 0.2) is 24.3 Å². The molecule has 2 fully saturated rings. The second kappa shape index (κ2) is 6.73. The predicted molar refractivity (Wildman–Crippen MR) is 95.9 cm³/mol. The maximum atomic E-state index is 13.1. The first-order valence-corrected chi connectivity index (χ1v) is 9.04. The van der Waals surface area contributed by atoms with E-state index < -0.39 is 12.0 Å². The lowest BCUT2D eigenvalue weighted by Gasteiger charge is -2.39. The molecule has 2 aliphatic heterocycles. The quantitative estimate of drug-likeness (QED) is 0.824. The van der Waals surface area contributed by atoms with Crippen LogP contribution in [-0.4, -0.2) is 80.1 Å². The van der Waals surface area contributed by atoms with E-state index in [1.54, 1.807) is 6.07 Å². The highest BCUT2D eigenvalue weighted by atomic mass is 16.4. The van der Waals surface area contributed by atoms with Gasteiger partial charge in [-0.25, -0.2) is 0 Å². The number of H-pyrrole nitrogens is 1. The van der Waals surface area contributed by atoms with Crippen LogP contribution in [0.3, 0.4) is 0 Å². The van der Waals surface area contributed by atoms with E-state index in [-0.39, 0.29) is 11.3 Å². The topological polar surface area (TPSA) is 115 Å². The molecule has 9 nitrogen and oxygen atoms in total. The minimum Gasteiger partial charge on any atom is -0.480 e. The molecule has 0 bridgehead atoms. The second-order valence-electron chi connectivity index (χ2n) is 7.55. The molecule has 0 aliphatic carbocycles. The van der Waals surface area contributed by atoms with E-state index in [1.807, 2.05) is 35.0 Å². The third-order valence-electron chi connectivity index (χ3n) is 5.88. The van der Waals surface area contributed by atoms with Gasteiger partial charge in [0.15, 0.2) is 0 Å². The second-order valence-corrected chi connectivity index (χ2v) is 7.55. The molecule has 2 aromatic rings. The van der Waals surface area contributed by atoms with Gasteiger partial charge in [0.1, 0.15) is 6.04 Å². The van der Waals surface area contributed by atoms with Gasteiger partial charge in [0.25, 0.3) is 5.91 Å². The molecule has 2 aliphatic rings. The Morgan fingerprint density at radius 3 is 2.63 bits per heavy atom. The minimum absolute atomic E-state index is 0.0121. The van der Waals surface area contributed by atoms with Crippen molar-refractivity contribution in [1.82, 2.24) is 30.4 Å². The number of carbonyl (C=O) groups excluding carboxylic acids is 1. The molecule has 1 aromatic heterocycles. The van der Waals surface area contributed by atoms with E-state index in [0.29, 0.717) is 36.5 Å². The number of hydrogen-bond acceptors (Lipinski definition) is 6. The molecule has 4 rings (SSSR count). The average Bonchev–Trinajstić information content (AvgIpc) is 3.30. The fourth-order valence-corrected chi connectivity index (χ4v) is 4.40. The first-order valence-electron chi connectivity index (χ1n) is 9.04. The van der Waals surface area contributed by atoms with Crippen LogP contribution in [-0.2, 0) is 4.79 Å². The lowest BCUT2D eigenvalue weighted by Crippen LogP contribution is -2.44. The lowest BCUT2D eigenvalue weighted by atomic mass is 9.76. The van der Waals surface area contributed by atoms with Crippen LogP contribution in [0.2, 0.25) is 0 Å². The summed E-state index contributed by atoms with van der Waals surface area (Å²) in [6.07, 6.45) is 2.29. The maximum Gasteiger partial charge on any atom is 0.320 e. The molecular formula is C18H22N6O3. The number of carboxylic acids is 1. The first kappa shape index (κ1) is 17.6. The largest absolute Gasteiger partial charge is 0.480 e. The number of tetrazole rings is 1. The van der Waals surface area contributed by atoms with Crippen LogP contribution in [0.25, 0.3) is 11.4 Å². The van der Waals surface area contributed by atoms with Crippen molar-refractivity contribution in [2.75, 3.05) is 26.7 Å². The fourth-order valence-electron chi connectivity index (χ4n) is 4.40. The molecule has 2 saturated heterocycles. The molecule has 2 N–H and O–H groups in total. The Balaban J connectivity index is 1.48. The zero-order valence-corrected chi connectivity index (χ0v) is 15.1. The summed E-state index contributed by atoms with van der Waals surface area (Å²) in [4.78, 5) is 28.3. The van der Waals surface area contributed by atoms with Crippen molar-refractivity contribution < 1.29 is 14.7 Å². The van der Waals surface area contributed by atoms with Crippen molar-refractivity contribution in [3.8, 4) is 11.4 Å². The van der Waals surface area contributed by atoms with Gasteiger partial charge < -0.3 is 10.0 Å².